The maximum absolute atomic E-state index is 14.9. The molecule has 1 N–H and O–H groups in total. The Kier molecular flexibility index (Phi) is 8.14. The zero-order valence-electron chi connectivity index (χ0n) is 27.0. The van der Waals surface area contributed by atoms with Crippen molar-refractivity contribution in [2.24, 2.45) is 17.8 Å². The van der Waals surface area contributed by atoms with E-state index in [1.54, 1.807) is 14.7 Å². The Bertz CT molecular complexity index is 1750. The van der Waals surface area contributed by atoms with Gasteiger partial charge in [0.05, 0.1) is 37.2 Å². The summed E-state index contributed by atoms with van der Waals surface area (Å²) in [6, 6.07) is 19.5. The van der Waals surface area contributed by atoms with Crippen LogP contribution in [0.25, 0.3) is 10.8 Å². The first-order valence-electron chi connectivity index (χ1n) is 16.6. The molecule has 2 saturated heterocycles. The number of benzene rings is 3. The molecule has 0 radical (unpaired) electrons. The average molecular weight is 636 g/mol. The van der Waals surface area contributed by atoms with Crippen LogP contribution in [0.5, 0.6) is 5.75 Å². The van der Waals surface area contributed by atoms with Gasteiger partial charge in [0.2, 0.25) is 11.8 Å². The Morgan fingerprint density at radius 2 is 1.60 bits per heavy atom. The van der Waals surface area contributed by atoms with Crippen LogP contribution >= 0.6 is 0 Å². The molecule has 4 heterocycles. The van der Waals surface area contributed by atoms with Crippen molar-refractivity contribution in [2.75, 3.05) is 36.1 Å². The van der Waals surface area contributed by atoms with Crippen molar-refractivity contribution in [2.45, 2.75) is 51.0 Å². The van der Waals surface area contributed by atoms with E-state index in [1.807, 2.05) is 112 Å². The van der Waals surface area contributed by atoms with Gasteiger partial charge in [-0.25, -0.2) is 0 Å². The Labute approximate surface area is 275 Å². The first kappa shape index (κ1) is 31.1. The van der Waals surface area contributed by atoms with Gasteiger partial charge >= 0.3 is 0 Å². The number of anilines is 2. The van der Waals surface area contributed by atoms with Crippen LogP contribution in [0.2, 0.25) is 0 Å². The van der Waals surface area contributed by atoms with Crippen molar-refractivity contribution in [1.29, 1.82) is 0 Å². The third-order valence-electron chi connectivity index (χ3n) is 10.4. The molecule has 1 unspecified atom stereocenters. The van der Waals surface area contributed by atoms with Gasteiger partial charge in [0.25, 0.3) is 5.91 Å². The second-order valence-corrected chi connectivity index (χ2v) is 12.9. The lowest BCUT2D eigenvalue weighted by Crippen LogP contribution is -2.59. The third kappa shape index (κ3) is 4.95. The third-order valence-corrected chi connectivity index (χ3v) is 10.4. The Morgan fingerprint density at radius 1 is 0.894 bits per heavy atom. The molecular weight excluding hydrogens is 594 g/mol. The zero-order chi connectivity index (χ0) is 32.9. The summed E-state index contributed by atoms with van der Waals surface area (Å²) in [5.41, 5.74) is 0.00390. The lowest BCUT2D eigenvalue weighted by Gasteiger charge is -2.40. The Hall–Kier alpha value is -4.47. The first-order valence-corrected chi connectivity index (χ1v) is 16.6. The van der Waals surface area contributed by atoms with Crippen LogP contribution in [0.3, 0.4) is 0 Å². The number of fused-ring (bicyclic) bond motifs is 3. The molecule has 0 saturated carbocycles. The summed E-state index contributed by atoms with van der Waals surface area (Å²) in [5.74, 6) is -2.07. The van der Waals surface area contributed by atoms with Crippen LogP contribution in [0, 0.1) is 17.8 Å². The molecule has 0 bridgehead atoms. The topological polar surface area (TPSA) is 99.6 Å². The molecule has 0 aromatic heterocycles. The van der Waals surface area contributed by atoms with Crippen molar-refractivity contribution < 1.29 is 29.0 Å². The van der Waals surface area contributed by atoms with Gasteiger partial charge in [-0.2, -0.15) is 0 Å². The highest BCUT2D eigenvalue weighted by Gasteiger charge is 2.72. The summed E-state index contributed by atoms with van der Waals surface area (Å²) in [5, 5.41) is 12.8. The Balaban J connectivity index is 1.32. The van der Waals surface area contributed by atoms with Crippen LogP contribution < -0.4 is 14.5 Å². The number of carbonyl (C=O) groups is 3. The molecule has 1 spiro atoms. The molecule has 9 nitrogen and oxygen atoms in total. The highest BCUT2D eigenvalue weighted by molar-refractivity contribution is 6.08. The summed E-state index contributed by atoms with van der Waals surface area (Å²) in [7, 11) is 0. The molecule has 7 atom stereocenters. The van der Waals surface area contributed by atoms with Crippen LogP contribution in [-0.4, -0.2) is 77.8 Å². The summed E-state index contributed by atoms with van der Waals surface area (Å²) in [6.07, 6.45) is 7.49. The normalized spacial score (nSPS) is 28.2. The quantitative estimate of drug-likeness (QED) is 0.360. The summed E-state index contributed by atoms with van der Waals surface area (Å²) < 4.78 is 12.5. The van der Waals surface area contributed by atoms with Gasteiger partial charge in [0, 0.05) is 24.5 Å². The number of nitrogens with zero attached hydrogens (tertiary/aromatic N) is 3. The van der Waals surface area contributed by atoms with Crippen molar-refractivity contribution in [3.8, 4) is 5.75 Å². The van der Waals surface area contributed by atoms with E-state index < -0.39 is 35.6 Å². The SMILES string of the molecule is CCOc1ccc(N2CC=C[C@@H]3O[C@]45C=CCN(c6ccc7ccccc7c6)C(=O)C4N([C@@H](CO)[C@@H](C)CC)C(=O)[C@@H]5[C@@H]3C2=O)cc1. The molecule has 7 rings (SSSR count). The monoisotopic (exact) mass is 635 g/mol. The van der Waals surface area contributed by atoms with Crippen LogP contribution in [0.4, 0.5) is 11.4 Å². The van der Waals surface area contributed by atoms with E-state index in [-0.39, 0.29) is 36.8 Å². The standard InChI is InChI=1S/C38H41N3O6/c1-4-24(3)30(23-42)41-34-37(45)40(28-14-13-25-10-6-7-11-26(25)22-28)21-9-19-38(34)33(36(41)44)32-31(47-38)12-8-20-39(35(32)43)27-15-17-29(18-16-27)46-5-2/h6-19,22,24,30-34,42H,4-5,20-21,23H2,1-3H3/t24-,30-,31-,32+,33-,34?,38-/m0/s1. The maximum atomic E-state index is 14.9. The van der Waals surface area contributed by atoms with Gasteiger partial charge in [0.15, 0.2) is 0 Å². The molecule has 2 fully saturated rings. The maximum Gasteiger partial charge on any atom is 0.253 e. The summed E-state index contributed by atoms with van der Waals surface area (Å²) >= 11 is 0. The molecular formula is C38H41N3O6. The predicted molar refractivity (Wildman–Crippen MR) is 180 cm³/mol. The minimum Gasteiger partial charge on any atom is -0.494 e. The molecule has 244 valence electrons. The fraction of sp³-hybridized carbons (Fsp3) is 0.395. The first-order chi connectivity index (χ1) is 22.8. The fourth-order valence-corrected chi connectivity index (χ4v) is 7.95. The smallest absolute Gasteiger partial charge is 0.253 e. The number of rotatable bonds is 8. The second kappa shape index (κ2) is 12.3. The van der Waals surface area contributed by atoms with Gasteiger partial charge in [-0.05, 0) is 60.0 Å². The van der Waals surface area contributed by atoms with Crippen molar-refractivity contribution in [3.05, 3.63) is 91.0 Å². The lowest BCUT2D eigenvalue weighted by atomic mass is 9.77. The van der Waals surface area contributed by atoms with E-state index in [2.05, 4.69) is 0 Å². The molecule has 9 heteroatoms. The molecule has 3 aromatic carbocycles. The molecule has 3 amide bonds. The van der Waals surface area contributed by atoms with Crippen LogP contribution in [0.15, 0.2) is 91.0 Å². The summed E-state index contributed by atoms with van der Waals surface area (Å²) in [4.78, 5) is 49.2. The lowest BCUT2D eigenvalue weighted by molar-refractivity contribution is -0.145. The van der Waals surface area contributed by atoms with E-state index in [4.69, 9.17) is 9.47 Å². The van der Waals surface area contributed by atoms with Gasteiger partial charge < -0.3 is 29.3 Å². The minimum atomic E-state index is -1.39. The second-order valence-electron chi connectivity index (χ2n) is 12.9. The largest absolute Gasteiger partial charge is 0.494 e. The number of carbonyl (C=O) groups excluding carboxylic acids is 3. The predicted octanol–water partition coefficient (Wildman–Crippen LogP) is 4.73. The number of amides is 3. The molecule has 47 heavy (non-hydrogen) atoms. The number of hydrogen-bond donors (Lipinski definition) is 1. The van der Waals surface area contributed by atoms with E-state index in [1.165, 1.54) is 0 Å². The molecule has 0 aliphatic carbocycles. The van der Waals surface area contributed by atoms with Crippen molar-refractivity contribution >= 4 is 39.9 Å². The van der Waals surface area contributed by atoms with Gasteiger partial charge in [-0.3, -0.25) is 14.4 Å². The van der Waals surface area contributed by atoms with E-state index in [0.29, 0.717) is 36.7 Å². The number of aliphatic hydroxyl groups is 1. The van der Waals surface area contributed by atoms with Gasteiger partial charge in [0.1, 0.15) is 17.4 Å². The van der Waals surface area contributed by atoms with Gasteiger partial charge in [-0.1, -0.05) is 74.9 Å². The number of aliphatic hydroxyl groups excluding tert-OH is 1. The zero-order valence-corrected chi connectivity index (χ0v) is 27.0. The minimum absolute atomic E-state index is 0.102. The van der Waals surface area contributed by atoms with Crippen LogP contribution in [0.1, 0.15) is 27.2 Å². The van der Waals surface area contributed by atoms with Gasteiger partial charge in [-0.15, -0.1) is 0 Å². The molecule has 3 aromatic rings. The van der Waals surface area contributed by atoms with E-state index in [0.717, 1.165) is 10.8 Å². The number of ether oxygens (including phenoxy) is 2. The highest BCUT2D eigenvalue weighted by Crippen LogP contribution is 2.54. The number of likely N-dealkylation sites (tertiary alicyclic amines) is 1. The van der Waals surface area contributed by atoms with Crippen molar-refractivity contribution in [1.82, 2.24) is 4.90 Å². The van der Waals surface area contributed by atoms with Crippen molar-refractivity contribution in [3.63, 3.8) is 0 Å². The van der Waals surface area contributed by atoms with E-state index >= 15 is 0 Å². The fourth-order valence-electron chi connectivity index (χ4n) is 7.95. The van der Waals surface area contributed by atoms with Crippen LogP contribution in [-0.2, 0) is 19.1 Å². The van der Waals surface area contributed by atoms with E-state index in [9.17, 15) is 19.5 Å². The average Bonchev–Trinajstić information content (AvgIpc) is 3.40. The highest BCUT2D eigenvalue weighted by atomic mass is 16.5. The Morgan fingerprint density at radius 3 is 2.32 bits per heavy atom. The number of hydrogen-bond acceptors (Lipinski definition) is 6. The molecule has 4 aliphatic rings. The summed E-state index contributed by atoms with van der Waals surface area (Å²) in [6.45, 7) is 6.71. The molecule has 4 aliphatic heterocycles.